The molecule has 1 aliphatic carbocycles. The van der Waals surface area contributed by atoms with Gasteiger partial charge in [0, 0.05) is 22.2 Å². The summed E-state index contributed by atoms with van der Waals surface area (Å²) in [6.45, 7) is 3.18. The molecule has 1 unspecified atom stereocenters. The van der Waals surface area contributed by atoms with Crippen molar-refractivity contribution in [2.24, 2.45) is 0 Å². The molecule has 1 aliphatic rings. The molecule has 1 aromatic heterocycles. The number of alkyl halides is 3. The van der Waals surface area contributed by atoms with Crippen molar-refractivity contribution in [1.82, 2.24) is 10.3 Å². The number of hydrogen-bond acceptors (Lipinski definition) is 4. The molecule has 0 saturated heterocycles. The lowest BCUT2D eigenvalue weighted by Gasteiger charge is -2.37. The third-order valence-electron chi connectivity index (χ3n) is 7.38. The fourth-order valence-corrected chi connectivity index (χ4v) is 5.57. The predicted octanol–water partition coefficient (Wildman–Crippen LogP) is 6.34. The Morgan fingerprint density at radius 1 is 1.10 bits per heavy atom. The van der Waals surface area contributed by atoms with Crippen LogP contribution in [0.1, 0.15) is 65.0 Å². The minimum Gasteiger partial charge on any atom is -0.495 e. The van der Waals surface area contributed by atoms with Crippen LogP contribution >= 0.6 is 0 Å². The molecule has 1 heterocycles. The molecule has 0 aliphatic heterocycles. The number of hydrogen-bond donors (Lipinski definition) is 3. The second-order valence-corrected chi connectivity index (χ2v) is 10.6. The number of aliphatic hydroxyl groups excluding tert-OH is 1. The monoisotopic (exact) mass is 576 g/mol. The number of nitrogens with one attached hydrogen (secondary N) is 2. The number of ether oxygens (including phenoxy) is 2. The minimum atomic E-state index is -4.56. The molecule has 9 heteroatoms. The van der Waals surface area contributed by atoms with E-state index in [9.17, 15) is 23.1 Å². The normalized spacial score (nSPS) is 16.5. The van der Waals surface area contributed by atoms with Gasteiger partial charge >= 0.3 is 6.18 Å². The molecule has 0 spiro atoms. The van der Waals surface area contributed by atoms with Crippen molar-refractivity contribution in [3.8, 4) is 23.3 Å². The van der Waals surface area contributed by atoms with Gasteiger partial charge in [0.1, 0.15) is 11.5 Å². The number of rotatable bonds is 6. The standard InChI is InChI=1S/C33H31F3N2O4/c1-20(2)42-28-16-14-21(13-15-22-8-4-5-12-27(22)41-3)18-24(28)31(40)38-32(19-39)17-7-11-26-29(32)23-9-6-10-25(30(23)37-26)33(34,35)36/h4-6,8-10,12,14,16,18,20,37,39H,7,11,17,19H2,1-3H3,(H,38,40). The molecule has 3 N–H and O–H groups in total. The number of fused-ring (bicyclic) bond motifs is 3. The summed E-state index contributed by atoms with van der Waals surface area (Å²) in [6.07, 6.45) is -3.40. The Hall–Kier alpha value is -4.42. The summed E-state index contributed by atoms with van der Waals surface area (Å²) >= 11 is 0. The number of aromatic amines is 1. The number of aliphatic hydroxyl groups is 1. The summed E-state index contributed by atoms with van der Waals surface area (Å²) < 4.78 is 52.8. The van der Waals surface area contributed by atoms with E-state index in [-0.39, 0.29) is 17.2 Å². The highest BCUT2D eigenvalue weighted by atomic mass is 19.4. The maximum atomic E-state index is 13.9. The van der Waals surface area contributed by atoms with E-state index < -0.39 is 29.8 Å². The fraction of sp³-hybridized carbons (Fsp3) is 0.303. The molecule has 0 bridgehead atoms. The van der Waals surface area contributed by atoms with E-state index in [2.05, 4.69) is 22.1 Å². The Bertz CT molecular complexity index is 1700. The van der Waals surface area contributed by atoms with Crippen LogP contribution < -0.4 is 14.8 Å². The number of para-hydroxylation sites is 2. The number of aromatic nitrogens is 1. The molecule has 0 fully saturated rings. The van der Waals surface area contributed by atoms with Crippen molar-refractivity contribution >= 4 is 16.8 Å². The second-order valence-electron chi connectivity index (χ2n) is 10.6. The van der Waals surface area contributed by atoms with Gasteiger partial charge in [-0.15, -0.1) is 0 Å². The maximum absolute atomic E-state index is 13.9. The first kappa shape index (κ1) is 29.1. The van der Waals surface area contributed by atoms with Crippen LogP contribution in [0.15, 0.2) is 60.7 Å². The molecular weight excluding hydrogens is 545 g/mol. The average molecular weight is 577 g/mol. The third kappa shape index (κ3) is 5.55. The van der Waals surface area contributed by atoms with Crippen molar-refractivity contribution in [3.63, 3.8) is 0 Å². The Morgan fingerprint density at radius 3 is 2.60 bits per heavy atom. The number of amides is 1. The van der Waals surface area contributed by atoms with E-state index in [4.69, 9.17) is 9.47 Å². The third-order valence-corrected chi connectivity index (χ3v) is 7.38. The molecule has 6 nitrogen and oxygen atoms in total. The van der Waals surface area contributed by atoms with Gasteiger partial charge < -0.3 is 24.9 Å². The highest BCUT2D eigenvalue weighted by Gasteiger charge is 2.42. The van der Waals surface area contributed by atoms with Crippen molar-refractivity contribution in [2.45, 2.75) is 50.9 Å². The maximum Gasteiger partial charge on any atom is 0.418 e. The summed E-state index contributed by atoms with van der Waals surface area (Å²) in [5.41, 5.74) is 0.323. The Kier molecular flexibility index (Phi) is 7.93. The van der Waals surface area contributed by atoms with Crippen LogP contribution in [-0.2, 0) is 18.1 Å². The molecule has 218 valence electrons. The molecule has 1 amide bonds. The molecule has 0 saturated carbocycles. The van der Waals surface area contributed by atoms with Crippen molar-refractivity contribution in [1.29, 1.82) is 0 Å². The zero-order valence-corrected chi connectivity index (χ0v) is 23.5. The summed E-state index contributed by atoms with van der Waals surface area (Å²) in [5.74, 6) is 6.55. The summed E-state index contributed by atoms with van der Waals surface area (Å²) in [7, 11) is 1.56. The highest BCUT2D eigenvalue weighted by Crippen LogP contribution is 2.44. The average Bonchev–Trinajstić information content (AvgIpc) is 3.36. The second kappa shape index (κ2) is 11.5. The lowest BCUT2D eigenvalue weighted by Crippen LogP contribution is -2.50. The van der Waals surface area contributed by atoms with Crippen LogP contribution in [0.4, 0.5) is 13.2 Å². The van der Waals surface area contributed by atoms with Crippen LogP contribution in [0.5, 0.6) is 11.5 Å². The van der Waals surface area contributed by atoms with Crippen molar-refractivity contribution in [3.05, 3.63) is 94.2 Å². The lowest BCUT2D eigenvalue weighted by molar-refractivity contribution is -0.136. The number of halogens is 3. The molecule has 42 heavy (non-hydrogen) atoms. The van der Waals surface area contributed by atoms with Gasteiger partial charge in [-0.05, 0) is 69.5 Å². The van der Waals surface area contributed by atoms with Crippen LogP contribution in [0.2, 0.25) is 0 Å². The van der Waals surface area contributed by atoms with Gasteiger partial charge in [-0.2, -0.15) is 13.2 Å². The van der Waals surface area contributed by atoms with E-state index >= 15 is 0 Å². The number of carbonyl (C=O) groups is 1. The van der Waals surface area contributed by atoms with Crippen LogP contribution in [0.3, 0.4) is 0 Å². The Labute approximate surface area is 241 Å². The predicted molar refractivity (Wildman–Crippen MR) is 154 cm³/mol. The summed E-state index contributed by atoms with van der Waals surface area (Å²) in [4.78, 5) is 16.9. The lowest BCUT2D eigenvalue weighted by atomic mass is 9.78. The molecule has 4 aromatic rings. The van der Waals surface area contributed by atoms with Gasteiger partial charge in [-0.3, -0.25) is 4.79 Å². The summed E-state index contributed by atoms with van der Waals surface area (Å²) in [6, 6.07) is 16.3. The number of aryl methyl sites for hydroxylation is 1. The summed E-state index contributed by atoms with van der Waals surface area (Å²) in [5, 5.41) is 14.0. The molecule has 1 atom stereocenters. The first-order valence-electron chi connectivity index (χ1n) is 13.7. The SMILES string of the molecule is COc1ccccc1C#Cc1ccc(OC(C)C)c(C(=O)NC2(CO)CCCc3[nH]c4c(C(F)(F)F)cccc4c32)c1. The van der Waals surface area contributed by atoms with Crippen LogP contribution in [0.25, 0.3) is 10.9 Å². The molecule has 5 rings (SSSR count). The first-order chi connectivity index (χ1) is 20.1. The first-order valence-corrected chi connectivity index (χ1v) is 13.7. The Morgan fingerprint density at radius 2 is 1.88 bits per heavy atom. The highest BCUT2D eigenvalue weighted by molar-refractivity contribution is 5.99. The molecular formula is C33H31F3N2O4. The topological polar surface area (TPSA) is 83.6 Å². The largest absolute Gasteiger partial charge is 0.495 e. The number of benzene rings is 3. The zero-order valence-electron chi connectivity index (χ0n) is 23.5. The van der Waals surface area contributed by atoms with Gasteiger partial charge in [0.15, 0.2) is 0 Å². The van der Waals surface area contributed by atoms with Crippen molar-refractivity contribution in [2.75, 3.05) is 13.7 Å². The number of carbonyl (C=O) groups excluding carboxylic acids is 1. The molecule has 0 radical (unpaired) electrons. The van der Waals surface area contributed by atoms with Gasteiger partial charge in [-0.25, -0.2) is 0 Å². The van der Waals surface area contributed by atoms with E-state index in [1.165, 1.54) is 6.07 Å². The van der Waals surface area contributed by atoms with Gasteiger partial charge in [0.2, 0.25) is 0 Å². The van der Waals surface area contributed by atoms with E-state index in [1.807, 2.05) is 32.0 Å². The van der Waals surface area contributed by atoms with E-state index in [0.717, 1.165) is 6.07 Å². The number of H-pyrrole nitrogens is 1. The van der Waals surface area contributed by atoms with Crippen LogP contribution in [0, 0.1) is 11.8 Å². The van der Waals surface area contributed by atoms with E-state index in [1.54, 1.807) is 37.4 Å². The minimum absolute atomic E-state index is 0.0542. The van der Waals surface area contributed by atoms with Gasteiger partial charge in [0.25, 0.3) is 5.91 Å². The van der Waals surface area contributed by atoms with Gasteiger partial charge in [0.05, 0.1) is 47.6 Å². The van der Waals surface area contributed by atoms with Gasteiger partial charge in [-0.1, -0.05) is 36.1 Å². The zero-order chi connectivity index (χ0) is 30.1. The number of methoxy groups -OCH3 is 1. The quantitative estimate of drug-likeness (QED) is 0.234. The van der Waals surface area contributed by atoms with E-state index in [0.29, 0.717) is 58.5 Å². The smallest absolute Gasteiger partial charge is 0.418 e. The van der Waals surface area contributed by atoms with Crippen LogP contribution in [-0.4, -0.2) is 35.8 Å². The van der Waals surface area contributed by atoms with Crippen molar-refractivity contribution < 1.29 is 32.5 Å². The Balaban J connectivity index is 1.56. The molecule has 3 aromatic carbocycles. The fourth-order valence-electron chi connectivity index (χ4n) is 5.57.